The van der Waals surface area contributed by atoms with Gasteiger partial charge in [-0.1, -0.05) is 18.2 Å². The highest BCUT2D eigenvalue weighted by atomic mass is 32.2. The van der Waals surface area contributed by atoms with Crippen molar-refractivity contribution in [1.82, 2.24) is 4.90 Å². The number of nitrogens with zero attached hydrogens (tertiary/aromatic N) is 2. The zero-order chi connectivity index (χ0) is 27.3. The van der Waals surface area contributed by atoms with Crippen LogP contribution in [0.15, 0.2) is 47.4 Å². The highest BCUT2D eigenvalue weighted by Crippen LogP contribution is 2.51. The van der Waals surface area contributed by atoms with E-state index in [2.05, 4.69) is 5.32 Å². The van der Waals surface area contributed by atoms with Crippen LogP contribution in [0.4, 0.5) is 32.0 Å². The summed E-state index contributed by atoms with van der Waals surface area (Å²) in [5.41, 5.74) is -5.64. The number of anilines is 1. The Morgan fingerprint density at radius 3 is 2.03 bits per heavy atom. The minimum absolute atomic E-state index is 0.0308. The van der Waals surface area contributed by atoms with E-state index >= 15 is 0 Å². The number of alkyl halides is 6. The zero-order valence-corrected chi connectivity index (χ0v) is 19.3. The van der Waals surface area contributed by atoms with E-state index in [0.717, 1.165) is 23.3 Å². The number of hydrogen-bond donors (Lipinski definition) is 1. The molecule has 0 saturated carbocycles. The lowest BCUT2D eigenvalue weighted by Gasteiger charge is -2.31. The van der Waals surface area contributed by atoms with E-state index < -0.39 is 51.0 Å². The Bertz CT molecular complexity index is 1350. The molecule has 0 radical (unpaired) electrons. The molecule has 2 aromatic rings. The third-order valence-corrected chi connectivity index (χ3v) is 6.86. The minimum Gasteiger partial charge on any atom is -0.324 e. The maximum atomic E-state index is 13.3. The molecule has 0 aromatic heterocycles. The monoisotopic (exact) mass is 533 g/mol. The van der Waals surface area contributed by atoms with Gasteiger partial charge in [-0.25, -0.2) is 8.42 Å². The quantitative estimate of drug-likeness (QED) is 0.598. The van der Waals surface area contributed by atoms with E-state index in [-0.39, 0.29) is 17.1 Å². The molecule has 0 bridgehead atoms. The van der Waals surface area contributed by atoms with Gasteiger partial charge in [0.25, 0.3) is 11.3 Å². The van der Waals surface area contributed by atoms with Crippen molar-refractivity contribution in [2.75, 3.05) is 11.6 Å². The fourth-order valence-electron chi connectivity index (χ4n) is 3.93. The number of nitrogens with one attached hydrogen (secondary N) is 1. The molecular formula is C22H17F6N3O4S. The second-order valence-electron chi connectivity index (χ2n) is 8.11. The van der Waals surface area contributed by atoms with Crippen LogP contribution in [-0.2, 0) is 31.4 Å². The third-order valence-electron chi connectivity index (χ3n) is 5.75. The number of hydrogen-bond acceptors (Lipinski definition) is 5. The zero-order valence-electron chi connectivity index (χ0n) is 18.5. The summed E-state index contributed by atoms with van der Waals surface area (Å²) in [5.74, 6) is -1.36. The molecule has 0 aliphatic carbocycles. The van der Waals surface area contributed by atoms with Crippen LogP contribution in [0.3, 0.4) is 0 Å². The van der Waals surface area contributed by atoms with Crippen molar-refractivity contribution in [2.24, 2.45) is 0 Å². The number of rotatable bonds is 4. The van der Waals surface area contributed by atoms with Crippen molar-refractivity contribution in [2.45, 2.75) is 42.2 Å². The topological polar surface area (TPSA) is 107 Å². The molecular weight excluding hydrogens is 516 g/mol. The van der Waals surface area contributed by atoms with Crippen molar-refractivity contribution in [1.29, 1.82) is 5.26 Å². The fraction of sp³-hybridized carbons (Fsp3) is 0.318. The minimum atomic E-state index is -5.97. The summed E-state index contributed by atoms with van der Waals surface area (Å²) < 4.78 is 104. The van der Waals surface area contributed by atoms with Gasteiger partial charge in [0.05, 0.1) is 11.0 Å². The van der Waals surface area contributed by atoms with Crippen molar-refractivity contribution < 1.29 is 44.3 Å². The van der Waals surface area contributed by atoms with Crippen LogP contribution in [-0.4, -0.2) is 43.7 Å². The molecule has 3 rings (SSSR count). The molecule has 1 N–H and O–H groups in total. The highest BCUT2D eigenvalue weighted by Gasteiger charge is 2.72. The summed E-state index contributed by atoms with van der Waals surface area (Å²) in [5, 5.41) is 11.2. The maximum Gasteiger partial charge on any atom is 0.420 e. The molecule has 192 valence electrons. The number of fused-ring (bicyclic) bond motifs is 1. The van der Waals surface area contributed by atoms with Crippen molar-refractivity contribution >= 4 is 27.3 Å². The van der Waals surface area contributed by atoms with Crippen LogP contribution >= 0.6 is 0 Å². The van der Waals surface area contributed by atoms with E-state index in [9.17, 15) is 44.3 Å². The summed E-state index contributed by atoms with van der Waals surface area (Å²) in [6.07, 6.45) is -10.9. The van der Waals surface area contributed by atoms with Crippen molar-refractivity contribution in [3.8, 4) is 6.07 Å². The average molecular weight is 533 g/mol. The largest absolute Gasteiger partial charge is 0.420 e. The van der Waals surface area contributed by atoms with Gasteiger partial charge in [0, 0.05) is 25.4 Å². The van der Waals surface area contributed by atoms with E-state index in [1.54, 1.807) is 0 Å². The summed E-state index contributed by atoms with van der Waals surface area (Å²) >= 11 is 0. The Hall–Kier alpha value is -3.60. The van der Waals surface area contributed by atoms with Crippen LogP contribution < -0.4 is 5.32 Å². The first-order valence-electron chi connectivity index (χ1n) is 10.00. The molecule has 2 amide bonds. The van der Waals surface area contributed by atoms with Gasteiger partial charge in [-0.15, -0.1) is 0 Å². The molecule has 1 unspecified atom stereocenters. The molecule has 0 saturated heterocycles. The number of nitriles is 1. The summed E-state index contributed by atoms with van der Waals surface area (Å²) in [7, 11) is -3.58. The van der Waals surface area contributed by atoms with Crippen LogP contribution in [0.5, 0.6) is 0 Å². The van der Waals surface area contributed by atoms with E-state index in [4.69, 9.17) is 5.26 Å². The summed E-state index contributed by atoms with van der Waals surface area (Å²) in [6.45, 7) is 1.08. The van der Waals surface area contributed by atoms with Crippen molar-refractivity contribution in [3.63, 3.8) is 0 Å². The highest BCUT2D eigenvalue weighted by molar-refractivity contribution is 7.90. The maximum absolute atomic E-state index is 13.3. The average Bonchev–Trinajstić information content (AvgIpc) is 3.12. The summed E-state index contributed by atoms with van der Waals surface area (Å²) in [6, 6.07) is 5.46. The normalized spacial score (nSPS) is 16.3. The van der Waals surface area contributed by atoms with Gasteiger partial charge < -0.3 is 10.2 Å². The van der Waals surface area contributed by atoms with Crippen molar-refractivity contribution in [3.05, 3.63) is 59.2 Å². The molecule has 36 heavy (non-hydrogen) atoms. The molecule has 1 aliphatic heterocycles. The molecule has 0 spiro atoms. The number of carbonyl (C=O) groups is 2. The van der Waals surface area contributed by atoms with E-state index in [1.165, 1.54) is 25.1 Å². The van der Waals surface area contributed by atoms with Gasteiger partial charge in [-0.2, -0.15) is 31.6 Å². The molecule has 1 aliphatic rings. The number of sulfone groups is 1. The standard InChI is InChI=1S/C22H17F6N3O4S/c1-12(32)31-10-13-9-16(36(2,34)35)7-8-17(13)18(31)19(33)30-15-5-3-14(4-6-15)20(11-29,21(23,24)25)22(26,27)28/h3-9,18H,10H2,1-2H3,(H,30,33). The predicted octanol–water partition coefficient (Wildman–Crippen LogP) is 4.02. The lowest BCUT2D eigenvalue weighted by atomic mass is 9.80. The number of benzene rings is 2. The van der Waals surface area contributed by atoms with E-state index in [1.807, 2.05) is 0 Å². The molecule has 14 heteroatoms. The smallest absolute Gasteiger partial charge is 0.324 e. The Morgan fingerprint density at radius 1 is 1.03 bits per heavy atom. The predicted molar refractivity (Wildman–Crippen MR) is 113 cm³/mol. The molecule has 0 fully saturated rings. The Morgan fingerprint density at radius 2 is 1.58 bits per heavy atom. The van der Waals surface area contributed by atoms with Gasteiger partial charge in [-0.3, -0.25) is 9.59 Å². The SMILES string of the molecule is CC(=O)N1Cc2cc(S(C)(=O)=O)ccc2C1C(=O)Nc1ccc(C(C#N)(C(F)(F)F)C(F)(F)F)cc1. The number of amides is 2. The summed E-state index contributed by atoms with van der Waals surface area (Å²) in [4.78, 5) is 26.2. The Labute approximate surface area is 201 Å². The van der Waals surface area contributed by atoms with Crippen LogP contribution in [0.1, 0.15) is 29.7 Å². The first-order chi connectivity index (χ1) is 16.4. The Balaban J connectivity index is 1.95. The second-order valence-corrected chi connectivity index (χ2v) is 10.1. The first-order valence-corrected chi connectivity index (χ1v) is 11.9. The molecule has 1 heterocycles. The molecule has 1 atom stereocenters. The van der Waals surface area contributed by atoms with Gasteiger partial charge in [0.15, 0.2) is 9.84 Å². The Kier molecular flexibility index (Phi) is 6.60. The van der Waals surface area contributed by atoms with Gasteiger partial charge in [0.1, 0.15) is 6.04 Å². The van der Waals surface area contributed by atoms with Crippen LogP contribution in [0, 0.1) is 11.3 Å². The lowest BCUT2D eigenvalue weighted by molar-refractivity contribution is -0.283. The second kappa shape index (κ2) is 8.81. The number of halogens is 6. The van der Waals surface area contributed by atoms with Gasteiger partial charge in [0.2, 0.25) is 5.91 Å². The lowest BCUT2D eigenvalue weighted by Crippen LogP contribution is -2.52. The molecule has 7 nitrogen and oxygen atoms in total. The first kappa shape index (κ1) is 27.0. The molecule has 2 aromatic carbocycles. The van der Waals surface area contributed by atoms with Crippen LogP contribution in [0.25, 0.3) is 0 Å². The van der Waals surface area contributed by atoms with Crippen LogP contribution in [0.2, 0.25) is 0 Å². The fourth-order valence-corrected chi connectivity index (χ4v) is 4.60. The van der Waals surface area contributed by atoms with E-state index in [0.29, 0.717) is 29.3 Å². The van der Waals surface area contributed by atoms with Gasteiger partial charge >= 0.3 is 12.4 Å². The third kappa shape index (κ3) is 4.50. The van der Waals surface area contributed by atoms with Gasteiger partial charge in [-0.05, 0) is 41.0 Å². The number of carbonyl (C=O) groups excluding carboxylic acids is 2.